The molecule has 13 heteroatoms. The predicted molar refractivity (Wildman–Crippen MR) is 160 cm³/mol. The lowest BCUT2D eigenvalue weighted by molar-refractivity contribution is 0.0995. The van der Waals surface area contributed by atoms with Crippen molar-refractivity contribution in [3.05, 3.63) is 71.0 Å². The number of hydrogen-bond acceptors (Lipinski definition) is 8. The fourth-order valence-electron chi connectivity index (χ4n) is 4.52. The summed E-state index contributed by atoms with van der Waals surface area (Å²) in [7, 11) is 1.60. The number of carbonyl (C=O) groups excluding carboxylic acids is 3. The number of nitrogens with one attached hydrogen (secondary N) is 2. The van der Waals surface area contributed by atoms with Crippen LogP contribution in [0.5, 0.6) is 5.75 Å². The molecule has 0 bridgehead atoms. The van der Waals surface area contributed by atoms with Gasteiger partial charge in [0.1, 0.15) is 23.6 Å². The minimum absolute atomic E-state index is 0.162. The van der Waals surface area contributed by atoms with Crippen LogP contribution in [0.25, 0.3) is 11.0 Å². The summed E-state index contributed by atoms with van der Waals surface area (Å²) in [5.41, 5.74) is 8.79. The first-order chi connectivity index (χ1) is 20.8. The molecule has 0 unspecified atom stereocenters. The van der Waals surface area contributed by atoms with Crippen molar-refractivity contribution < 1.29 is 28.6 Å². The Labute approximate surface area is 249 Å². The van der Waals surface area contributed by atoms with Gasteiger partial charge in [-0.3, -0.25) is 19.6 Å². The molecule has 2 aromatic carbocycles. The molecule has 2 aromatic heterocycles. The number of hydrogen-bond donors (Lipinski definition) is 3. The van der Waals surface area contributed by atoms with Crippen molar-refractivity contribution in [3.8, 4) is 5.75 Å². The number of primary amides is 1. The normalized spacial score (nSPS) is 11.0. The zero-order valence-electron chi connectivity index (χ0n) is 24.6. The van der Waals surface area contributed by atoms with Gasteiger partial charge in [-0.2, -0.15) is 5.10 Å². The van der Waals surface area contributed by atoms with Crippen molar-refractivity contribution in [3.63, 3.8) is 0 Å². The Kier molecular flexibility index (Phi) is 10.7. The van der Waals surface area contributed by atoms with Crippen molar-refractivity contribution in [2.45, 2.75) is 46.4 Å². The average Bonchev–Trinajstić information content (AvgIpc) is 3.56. The highest BCUT2D eigenvalue weighted by Crippen LogP contribution is 2.31. The number of imidazole rings is 1. The molecule has 3 amide bonds. The minimum Gasteiger partial charge on any atom is -0.491 e. The number of alkyl carbamates (subject to hydrolysis) is 1. The Morgan fingerprint density at radius 3 is 2.56 bits per heavy atom. The maximum absolute atomic E-state index is 13.3. The van der Waals surface area contributed by atoms with Crippen LogP contribution in [0, 0.1) is 6.92 Å². The number of methoxy groups -OCH3 is 1. The Hall–Kier alpha value is -4.91. The molecule has 4 aromatic rings. The molecule has 0 atom stereocenters. The quantitative estimate of drug-likeness (QED) is 0.176. The second kappa shape index (κ2) is 14.8. The van der Waals surface area contributed by atoms with E-state index in [1.165, 1.54) is 0 Å². The highest BCUT2D eigenvalue weighted by atomic mass is 16.5. The SMILES string of the molecule is CCn1nc(C)cc1C(=O)Nc1nc2cc(C(N)=O)cc(OCCCOC)c2n1CCCNC(=O)OCc1ccccc1. The molecule has 0 fully saturated rings. The van der Waals surface area contributed by atoms with Crippen molar-refractivity contribution in [2.24, 2.45) is 5.73 Å². The van der Waals surface area contributed by atoms with E-state index in [0.717, 1.165) is 5.56 Å². The van der Waals surface area contributed by atoms with E-state index >= 15 is 0 Å². The second-order valence-corrected chi connectivity index (χ2v) is 9.77. The number of amides is 3. The third kappa shape index (κ3) is 8.10. The molecule has 228 valence electrons. The average molecular weight is 592 g/mol. The van der Waals surface area contributed by atoms with Gasteiger partial charge in [0.2, 0.25) is 11.9 Å². The van der Waals surface area contributed by atoms with Crippen LogP contribution in [0.1, 0.15) is 51.9 Å². The number of aryl methyl sites for hydroxylation is 3. The van der Waals surface area contributed by atoms with Crippen LogP contribution >= 0.6 is 0 Å². The summed E-state index contributed by atoms with van der Waals surface area (Å²) in [6, 6.07) is 14.2. The van der Waals surface area contributed by atoms with Gasteiger partial charge in [-0.05, 0) is 44.0 Å². The molecule has 0 radical (unpaired) electrons. The first-order valence-corrected chi connectivity index (χ1v) is 14.1. The molecule has 4 N–H and O–H groups in total. The van der Waals surface area contributed by atoms with Gasteiger partial charge in [0.15, 0.2) is 0 Å². The third-order valence-electron chi connectivity index (χ3n) is 6.54. The minimum atomic E-state index is -0.635. The number of nitrogens with zero attached hydrogens (tertiary/aromatic N) is 4. The fourth-order valence-corrected chi connectivity index (χ4v) is 4.52. The van der Waals surface area contributed by atoms with Crippen LogP contribution in [0.3, 0.4) is 0 Å². The number of fused-ring (bicyclic) bond motifs is 1. The van der Waals surface area contributed by atoms with Crippen molar-refractivity contribution >= 4 is 34.9 Å². The third-order valence-corrected chi connectivity index (χ3v) is 6.54. The molecule has 0 saturated carbocycles. The second-order valence-electron chi connectivity index (χ2n) is 9.77. The van der Waals surface area contributed by atoms with E-state index in [1.54, 1.807) is 34.6 Å². The van der Waals surface area contributed by atoms with Crippen LogP contribution < -0.4 is 21.1 Å². The summed E-state index contributed by atoms with van der Waals surface area (Å²) >= 11 is 0. The lowest BCUT2D eigenvalue weighted by atomic mass is 10.1. The largest absolute Gasteiger partial charge is 0.491 e. The molecule has 13 nitrogen and oxygen atoms in total. The van der Waals surface area contributed by atoms with E-state index in [9.17, 15) is 14.4 Å². The molecular weight excluding hydrogens is 554 g/mol. The van der Waals surface area contributed by atoms with Crippen LogP contribution in [0.15, 0.2) is 48.5 Å². The van der Waals surface area contributed by atoms with E-state index in [2.05, 4.69) is 20.7 Å². The molecule has 43 heavy (non-hydrogen) atoms. The van der Waals surface area contributed by atoms with Gasteiger partial charge in [0.05, 0.1) is 17.8 Å². The van der Waals surface area contributed by atoms with Gasteiger partial charge in [0.25, 0.3) is 5.91 Å². The van der Waals surface area contributed by atoms with E-state index in [0.29, 0.717) is 73.9 Å². The van der Waals surface area contributed by atoms with Gasteiger partial charge in [-0.1, -0.05) is 30.3 Å². The summed E-state index contributed by atoms with van der Waals surface area (Å²) in [5.74, 6) is -0.389. The number of ether oxygens (including phenoxy) is 3. The van der Waals surface area contributed by atoms with E-state index in [4.69, 9.17) is 19.9 Å². The number of aromatic nitrogens is 4. The topological polar surface area (TPSA) is 165 Å². The number of nitrogens with two attached hydrogens (primary N) is 1. The number of anilines is 1. The highest BCUT2D eigenvalue weighted by Gasteiger charge is 2.22. The van der Waals surface area contributed by atoms with Gasteiger partial charge < -0.3 is 29.8 Å². The van der Waals surface area contributed by atoms with Crippen LogP contribution in [-0.2, 0) is 29.2 Å². The Bertz CT molecular complexity index is 1560. The standard InChI is InChI=1S/C30H37N7O6/c1-4-37-24(16-20(2)35-37)28(39)34-29-33-23-17-22(27(31)38)18-25(42-15-9-14-41-3)26(23)36(29)13-8-12-32-30(40)43-19-21-10-6-5-7-11-21/h5-7,10-11,16-18H,4,8-9,12-15,19H2,1-3H3,(H2,31,38)(H,32,40)(H,33,34,39). The van der Waals surface area contributed by atoms with E-state index in [-0.39, 0.29) is 24.0 Å². The summed E-state index contributed by atoms with van der Waals surface area (Å²) < 4.78 is 19.9. The fraction of sp³-hybridized carbons (Fsp3) is 0.367. The van der Waals surface area contributed by atoms with Crippen LogP contribution in [0.4, 0.5) is 10.7 Å². The summed E-state index contributed by atoms with van der Waals surface area (Å²) in [6.07, 6.45) is 0.553. The molecule has 0 saturated heterocycles. The monoisotopic (exact) mass is 591 g/mol. The molecule has 0 spiro atoms. The molecule has 0 aliphatic rings. The first-order valence-electron chi connectivity index (χ1n) is 14.1. The highest BCUT2D eigenvalue weighted by molar-refractivity contribution is 6.04. The molecular formula is C30H37N7O6. The predicted octanol–water partition coefficient (Wildman–Crippen LogP) is 3.64. The molecule has 0 aliphatic carbocycles. The zero-order valence-corrected chi connectivity index (χ0v) is 24.6. The van der Waals surface area contributed by atoms with E-state index < -0.39 is 12.0 Å². The Balaban J connectivity index is 1.57. The van der Waals surface area contributed by atoms with Gasteiger partial charge in [-0.25, -0.2) is 9.78 Å². The van der Waals surface area contributed by atoms with Crippen molar-refractivity contribution in [1.29, 1.82) is 0 Å². The molecule has 4 rings (SSSR count). The Morgan fingerprint density at radius 1 is 1.05 bits per heavy atom. The van der Waals surface area contributed by atoms with Gasteiger partial charge >= 0.3 is 6.09 Å². The van der Waals surface area contributed by atoms with Crippen LogP contribution in [-0.4, -0.2) is 64.1 Å². The number of carbonyl (C=O) groups is 3. The summed E-state index contributed by atoms with van der Waals surface area (Å²) in [5, 5.41) is 10.0. The zero-order chi connectivity index (χ0) is 30.8. The number of rotatable bonds is 15. The van der Waals surface area contributed by atoms with Crippen molar-refractivity contribution in [1.82, 2.24) is 24.6 Å². The lowest BCUT2D eigenvalue weighted by Crippen LogP contribution is -2.26. The van der Waals surface area contributed by atoms with Gasteiger partial charge in [0, 0.05) is 45.3 Å². The van der Waals surface area contributed by atoms with Crippen molar-refractivity contribution in [2.75, 3.05) is 32.2 Å². The smallest absolute Gasteiger partial charge is 0.407 e. The lowest BCUT2D eigenvalue weighted by Gasteiger charge is -2.14. The molecule has 0 aliphatic heterocycles. The summed E-state index contributed by atoms with van der Waals surface area (Å²) in [6.45, 7) is 5.85. The number of benzene rings is 2. The molecule has 2 heterocycles. The van der Waals surface area contributed by atoms with Crippen LogP contribution in [0.2, 0.25) is 0 Å². The Morgan fingerprint density at radius 2 is 1.84 bits per heavy atom. The maximum Gasteiger partial charge on any atom is 0.407 e. The van der Waals surface area contributed by atoms with E-state index in [1.807, 2.05) is 44.2 Å². The van der Waals surface area contributed by atoms with Gasteiger partial charge in [-0.15, -0.1) is 0 Å². The first kappa shape index (κ1) is 31.0. The summed E-state index contributed by atoms with van der Waals surface area (Å²) in [4.78, 5) is 42.3. The maximum atomic E-state index is 13.3.